The van der Waals surface area contributed by atoms with Gasteiger partial charge in [-0.1, -0.05) is 35.9 Å². The van der Waals surface area contributed by atoms with Crippen LogP contribution in [0.4, 0.5) is 0 Å². The van der Waals surface area contributed by atoms with Gasteiger partial charge in [-0.15, -0.1) is 0 Å². The first kappa shape index (κ1) is 16.0. The Kier molecular flexibility index (Phi) is 4.21. The monoisotopic (exact) mass is 321 g/mol. The molecule has 4 nitrogen and oxygen atoms in total. The zero-order chi connectivity index (χ0) is 17.3. The first-order valence-corrected chi connectivity index (χ1v) is 7.93. The van der Waals surface area contributed by atoms with Crippen LogP contribution in [0.2, 0.25) is 0 Å². The number of carbonyl (C=O) groups is 1. The second-order valence-electron chi connectivity index (χ2n) is 5.71. The van der Waals surface area contributed by atoms with Gasteiger partial charge in [0.15, 0.2) is 0 Å². The van der Waals surface area contributed by atoms with Gasteiger partial charge in [0.05, 0.1) is 12.2 Å². The maximum atomic E-state index is 13.0. The number of fused-ring (bicyclic) bond motifs is 1. The third kappa shape index (κ3) is 2.60. The van der Waals surface area contributed by atoms with Gasteiger partial charge in [-0.2, -0.15) is 0 Å². The molecule has 0 atom stereocenters. The van der Waals surface area contributed by atoms with Crippen molar-refractivity contribution in [3.05, 3.63) is 75.7 Å². The summed E-state index contributed by atoms with van der Waals surface area (Å²) in [6, 6.07) is 14.9. The van der Waals surface area contributed by atoms with Crippen molar-refractivity contribution in [3.63, 3.8) is 0 Å². The van der Waals surface area contributed by atoms with Crippen molar-refractivity contribution in [1.29, 1.82) is 0 Å². The zero-order valence-electron chi connectivity index (χ0n) is 14.0. The molecule has 0 fully saturated rings. The second-order valence-corrected chi connectivity index (χ2v) is 5.71. The summed E-state index contributed by atoms with van der Waals surface area (Å²) in [5, 5.41) is 1.15. The normalized spacial score (nSPS) is 10.8. The van der Waals surface area contributed by atoms with Crippen LogP contribution in [0.3, 0.4) is 0 Å². The molecule has 0 spiro atoms. The van der Waals surface area contributed by atoms with Crippen molar-refractivity contribution in [1.82, 2.24) is 4.57 Å². The van der Waals surface area contributed by atoms with Gasteiger partial charge >= 0.3 is 5.97 Å². The maximum Gasteiger partial charge on any atom is 0.340 e. The molecule has 4 heteroatoms. The van der Waals surface area contributed by atoms with Crippen LogP contribution in [0.15, 0.2) is 53.3 Å². The molecule has 122 valence electrons. The minimum atomic E-state index is -0.409. The molecule has 1 aromatic heterocycles. The second kappa shape index (κ2) is 6.32. The molecule has 0 saturated carbocycles. The number of benzene rings is 2. The van der Waals surface area contributed by atoms with E-state index in [0.29, 0.717) is 22.0 Å². The molecule has 3 rings (SSSR count). The summed E-state index contributed by atoms with van der Waals surface area (Å²) >= 11 is 0. The summed E-state index contributed by atoms with van der Waals surface area (Å²) in [7, 11) is 0. The third-order valence-electron chi connectivity index (χ3n) is 4.07. The van der Waals surface area contributed by atoms with Crippen molar-refractivity contribution in [2.75, 3.05) is 6.61 Å². The number of aromatic nitrogens is 1. The summed E-state index contributed by atoms with van der Waals surface area (Å²) in [5.74, 6) is -0.409. The fourth-order valence-corrected chi connectivity index (χ4v) is 2.98. The van der Waals surface area contributed by atoms with Crippen molar-refractivity contribution in [3.8, 4) is 5.69 Å². The Hall–Kier alpha value is -2.88. The molecule has 3 aromatic rings. The number of ether oxygens (including phenoxy) is 1. The Morgan fingerprint density at radius 3 is 2.42 bits per heavy atom. The molecule has 0 amide bonds. The lowest BCUT2D eigenvalue weighted by molar-refractivity contribution is 0.0527. The van der Waals surface area contributed by atoms with Crippen molar-refractivity contribution < 1.29 is 9.53 Å². The molecule has 1 heterocycles. The van der Waals surface area contributed by atoms with Crippen molar-refractivity contribution in [2.24, 2.45) is 0 Å². The van der Waals surface area contributed by atoms with Crippen LogP contribution in [-0.4, -0.2) is 17.1 Å². The predicted octanol–water partition coefficient (Wildman–Crippen LogP) is 3.78. The van der Waals surface area contributed by atoms with Crippen LogP contribution in [-0.2, 0) is 4.74 Å². The topological polar surface area (TPSA) is 48.3 Å². The Labute approximate surface area is 140 Å². The lowest BCUT2D eigenvalue weighted by Gasteiger charge is -2.16. The number of esters is 1. The summed E-state index contributed by atoms with van der Waals surface area (Å²) in [4.78, 5) is 25.6. The number of nitrogens with zero attached hydrogens (tertiary/aromatic N) is 1. The van der Waals surface area contributed by atoms with E-state index in [4.69, 9.17) is 4.74 Å². The van der Waals surface area contributed by atoms with Crippen LogP contribution in [0.25, 0.3) is 16.5 Å². The molecule has 0 N–H and O–H groups in total. The third-order valence-corrected chi connectivity index (χ3v) is 4.07. The van der Waals surface area contributed by atoms with Crippen LogP contribution >= 0.6 is 0 Å². The molecule has 24 heavy (non-hydrogen) atoms. The summed E-state index contributed by atoms with van der Waals surface area (Å²) in [6.45, 7) is 5.76. The van der Waals surface area contributed by atoms with Crippen LogP contribution in [0.5, 0.6) is 0 Å². The van der Waals surface area contributed by atoms with Gasteiger partial charge in [0, 0.05) is 22.2 Å². The molecule has 0 aliphatic heterocycles. The number of rotatable bonds is 3. The average molecular weight is 321 g/mol. The van der Waals surface area contributed by atoms with Crippen molar-refractivity contribution >= 4 is 16.7 Å². The number of para-hydroxylation sites is 1. The number of carbonyl (C=O) groups excluding carboxylic acids is 1. The lowest BCUT2D eigenvalue weighted by atomic mass is 10.0. The molecular formula is C20H19NO3. The SMILES string of the molecule is CCOC(=O)c1c(C)n(-c2ccccc2)c(=O)c2cc(C)ccc12. The first-order chi connectivity index (χ1) is 11.5. The highest BCUT2D eigenvalue weighted by molar-refractivity contribution is 6.05. The van der Waals surface area contributed by atoms with Gasteiger partial charge in [-0.25, -0.2) is 4.79 Å². The molecule has 0 unspecified atom stereocenters. The number of hydrogen-bond acceptors (Lipinski definition) is 3. The summed E-state index contributed by atoms with van der Waals surface area (Å²) in [5.41, 5.74) is 2.59. The van der Waals surface area contributed by atoms with E-state index < -0.39 is 5.97 Å². The zero-order valence-corrected chi connectivity index (χ0v) is 14.0. The van der Waals surface area contributed by atoms with E-state index in [2.05, 4.69) is 0 Å². The number of aryl methyl sites for hydroxylation is 1. The van der Waals surface area contributed by atoms with E-state index in [1.165, 1.54) is 0 Å². The fraction of sp³-hybridized carbons (Fsp3) is 0.200. The Morgan fingerprint density at radius 1 is 1.04 bits per heavy atom. The highest BCUT2D eigenvalue weighted by Gasteiger charge is 2.21. The van der Waals surface area contributed by atoms with Gasteiger partial charge in [0.25, 0.3) is 5.56 Å². The van der Waals surface area contributed by atoms with Gasteiger partial charge in [-0.05, 0) is 39.0 Å². The van der Waals surface area contributed by atoms with E-state index in [1.54, 1.807) is 18.4 Å². The molecular weight excluding hydrogens is 302 g/mol. The highest BCUT2D eigenvalue weighted by Crippen LogP contribution is 2.23. The minimum absolute atomic E-state index is 0.134. The molecule has 0 radical (unpaired) electrons. The number of pyridine rings is 1. The van der Waals surface area contributed by atoms with Gasteiger partial charge in [0.2, 0.25) is 0 Å². The smallest absolute Gasteiger partial charge is 0.340 e. The fourth-order valence-electron chi connectivity index (χ4n) is 2.98. The van der Waals surface area contributed by atoms with Crippen LogP contribution in [0.1, 0.15) is 28.5 Å². The Morgan fingerprint density at radius 2 is 1.75 bits per heavy atom. The quantitative estimate of drug-likeness (QED) is 0.690. The average Bonchev–Trinajstić information content (AvgIpc) is 2.57. The lowest BCUT2D eigenvalue weighted by Crippen LogP contribution is -2.25. The largest absolute Gasteiger partial charge is 0.462 e. The van der Waals surface area contributed by atoms with E-state index in [0.717, 1.165) is 11.3 Å². The molecule has 0 bridgehead atoms. The van der Waals surface area contributed by atoms with Crippen LogP contribution in [0, 0.1) is 13.8 Å². The predicted molar refractivity (Wildman–Crippen MR) is 95.0 cm³/mol. The molecule has 0 aliphatic rings. The Balaban J connectivity index is 2.45. The van der Waals surface area contributed by atoms with Crippen molar-refractivity contribution in [2.45, 2.75) is 20.8 Å². The maximum absolute atomic E-state index is 13.0. The van der Waals surface area contributed by atoms with Gasteiger partial charge < -0.3 is 4.74 Å². The minimum Gasteiger partial charge on any atom is -0.462 e. The van der Waals surface area contributed by atoms with Gasteiger partial charge in [-0.3, -0.25) is 9.36 Å². The first-order valence-electron chi connectivity index (χ1n) is 7.93. The van der Waals surface area contributed by atoms with E-state index in [1.807, 2.05) is 55.5 Å². The van der Waals surface area contributed by atoms with E-state index in [9.17, 15) is 9.59 Å². The Bertz CT molecular complexity index is 972. The number of hydrogen-bond donors (Lipinski definition) is 0. The standard InChI is InChI=1S/C20H19NO3/c1-4-24-20(23)18-14(3)21(15-8-6-5-7-9-15)19(22)17-12-13(2)10-11-16(17)18/h5-12H,4H2,1-3H3. The van der Waals surface area contributed by atoms with Gasteiger partial charge in [0.1, 0.15) is 0 Å². The molecule has 0 aliphatic carbocycles. The van der Waals surface area contributed by atoms with Crippen LogP contribution < -0.4 is 5.56 Å². The summed E-state index contributed by atoms with van der Waals surface area (Å²) < 4.78 is 6.80. The highest BCUT2D eigenvalue weighted by atomic mass is 16.5. The molecule has 0 saturated heterocycles. The van der Waals surface area contributed by atoms with E-state index >= 15 is 0 Å². The molecule has 2 aromatic carbocycles. The summed E-state index contributed by atoms with van der Waals surface area (Å²) in [6.07, 6.45) is 0. The van der Waals surface area contributed by atoms with E-state index in [-0.39, 0.29) is 12.2 Å².